The average Bonchev–Trinajstić information content (AvgIpc) is 2.70. The van der Waals surface area contributed by atoms with Crippen LogP contribution in [0.15, 0.2) is 65.5 Å². The number of carbonyl (C=O) groups excluding carboxylic acids is 1. The maximum atomic E-state index is 11.8. The second-order valence-corrected chi connectivity index (χ2v) is 6.09. The SMILES string of the molecule is O=C(CC=Cc1ccccc1)NCCCNc1n[nH]c(=O)c2ccccc12. The summed E-state index contributed by atoms with van der Waals surface area (Å²) in [5.41, 5.74) is 0.877. The molecule has 0 saturated heterocycles. The zero-order valence-corrected chi connectivity index (χ0v) is 14.9. The standard InChI is InChI=1S/C21H22N4O2/c26-19(13-6-10-16-8-2-1-3-9-16)22-14-7-15-23-20-17-11-4-5-12-18(17)21(27)25-24-20/h1-6,8-12H,7,13-15H2,(H,22,26)(H,23,24)(H,25,27). The van der Waals surface area contributed by atoms with Crippen molar-refractivity contribution in [3.63, 3.8) is 0 Å². The van der Waals surface area contributed by atoms with Gasteiger partial charge in [0.25, 0.3) is 5.56 Å². The molecule has 1 aromatic heterocycles. The minimum atomic E-state index is -0.202. The number of hydrogen-bond acceptors (Lipinski definition) is 4. The normalized spacial score (nSPS) is 11.0. The highest BCUT2D eigenvalue weighted by Crippen LogP contribution is 2.16. The summed E-state index contributed by atoms with van der Waals surface area (Å²) in [4.78, 5) is 23.6. The van der Waals surface area contributed by atoms with Gasteiger partial charge in [-0.1, -0.05) is 60.7 Å². The zero-order chi connectivity index (χ0) is 18.9. The highest BCUT2D eigenvalue weighted by Gasteiger charge is 2.05. The number of hydrogen-bond donors (Lipinski definition) is 3. The van der Waals surface area contributed by atoms with E-state index in [0.29, 0.717) is 30.7 Å². The van der Waals surface area contributed by atoms with Crippen molar-refractivity contribution in [1.82, 2.24) is 15.5 Å². The van der Waals surface area contributed by atoms with Gasteiger partial charge in [-0.3, -0.25) is 9.59 Å². The zero-order valence-electron chi connectivity index (χ0n) is 14.9. The van der Waals surface area contributed by atoms with Crippen LogP contribution in [0.1, 0.15) is 18.4 Å². The maximum Gasteiger partial charge on any atom is 0.272 e. The summed E-state index contributed by atoms with van der Waals surface area (Å²) in [5.74, 6) is 0.636. The number of H-pyrrole nitrogens is 1. The number of amides is 1. The molecule has 27 heavy (non-hydrogen) atoms. The van der Waals surface area contributed by atoms with Gasteiger partial charge in [0.05, 0.1) is 5.39 Å². The molecule has 3 rings (SSSR count). The topological polar surface area (TPSA) is 86.9 Å². The number of aromatic nitrogens is 2. The molecule has 138 valence electrons. The maximum absolute atomic E-state index is 11.8. The van der Waals surface area contributed by atoms with Crippen molar-refractivity contribution in [2.24, 2.45) is 0 Å². The Hall–Kier alpha value is -3.41. The first kappa shape index (κ1) is 18.4. The van der Waals surface area contributed by atoms with Crippen molar-refractivity contribution in [3.05, 3.63) is 76.6 Å². The molecule has 3 N–H and O–H groups in total. The van der Waals surface area contributed by atoms with E-state index in [2.05, 4.69) is 20.8 Å². The van der Waals surface area contributed by atoms with E-state index in [1.165, 1.54) is 0 Å². The van der Waals surface area contributed by atoms with E-state index in [1.807, 2.05) is 60.7 Å². The molecular formula is C21H22N4O2. The monoisotopic (exact) mass is 362 g/mol. The first-order valence-electron chi connectivity index (χ1n) is 8.93. The third kappa shape index (κ3) is 5.28. The fraction of sp³-hybridized carbons (Fsp3) is 0.190. The first-order valence-corrected chi connectivity index (χ1v) is 8.93. The fourth-order valence-electron chi connectivity index (χ4n) is 2.71. The first-order chi connectivity index (χ1) is 13.2. The van der Waals surface area contributed by atoms with E-state index in [9.17, 15) is 9.59 Å². The smallest absolute Gasteiger partial charge is 0.272 e. The molecule has 0 saturated carbocycles. The van der Waals surface area contributed by atoms with Crippen LogP contribution >= 0.6 is 0 Å². The average molecular weight is 362 g/mol. The Labute approximate surface area is 157 Å². The van der Waals surface area contributed by atoms with E-state index in [-0.39, 0.29) is 11.5 Å². The fourth-order valence-corrected chi connectivity index (χ4v) is 2.71. The Kier molecular flexibility index (Phi) is 6.35. The summed E-state index contributed by atoms with van der Waals surface area (Å²) < 4.78 is 0. The van der Waals surface area contributed by atoms with Crippen molar-refractivity contribution in [1.29, 1.82) is 0 Å². The Morgan fingerprint density at radius 3 is 2.56 bits per heavy atom. The number of nitrogens with one attached hydrogen (secondary N) is 3. The molecule has 1 amide bonds. The van der Waals surface area contributed by atoms with Crippen LogP contribution in [0.4, 0.5) is 5.82 Å². The van der Waals surface area contributed by atoms with Crippen molar-refractivity contribution < 1.29 is 4.79 Å². The van der Waals surface area contributed by atoms with Gasteiger partial charge in [0.1, 0.15) is 0 Å². The van der Waals surface area contributed by atoms with E-state index in [1.54, 1.807) is 6.07 Å². The largest absolute Gasteiger partial charge is 0.368 e. The Bertz CT molecular complexity index is 980. The molecule has 0 aliphatic carbocycles. The van der Waals surface area contributed by atoms with E-state index in [4.69, 9.17) is 0 Å². The number of anilines is 1. The van der Waals surface area contributed by atoms with Gasteiger partial charge >= 0.3 is 0 Å². The van der Waals surface area contributed by atoms with Gasteiger partial charge in [-0.2, -0.15) is 5.10 Å². The van der Waals surface area contributed by atoms with Gasteiger partial charge in [-0.05, 0) is 18.1 Å². The number of fused-ring (bicyclic) bond motifs is 1. The molecule has 1 heterocycles. The molecule has 0 unspecified atom stereocenters. The Morgan fingerprint density at radius 2 is 1.74 bits per heavy atom. The highest BCUT2D eigenvalue weighted by atomic mass is 16.1. The molecule has 3 aromatic rings. The van der Waals surface area contributed by atoms with Crippen LogP contribution in [-0.4, -0.2) is 29.2 Å². The molecule has 0 atom stereocenters. The lowest BCUT2D eigenvalue weighted by Gasteiger charge is -2.08. The third-order valence-corrected chi connectivity index (χ3v) is 4.08. The highest BCUT2D eigenvalue weighted by molar-refractivity contribution is 5.90. The molecule has 0 bridgehead atoms. The van der Waals surface area contributed by atoms with Gasteiger partial charge in [0, 0.05) is 24.9 Å². The van der Waals surface area contributed by atoms with Gasteiger partial charge in [0.15, 0.2) is 5.82 Å². The van der Waals surface area contributed by atoms with E-state index < -0.39 is 0 Å². The summed E-state index contributed by atoms with van der Waals surface area (Å²) in [5, 5.41) is 14.0. The number of carbonyl (C=O) groups is 1. The lowest BCUT2D eigenvalue weighted by atomic mass is 10.2. The number of nitrogens with zero attached hydrogens (tertiary/aromatic N) is 1. The summed E-state index contributed by atoms with van der Waals surface area (Å²) in [6.07, 6.45) is 4.91. The van der Waals surface area contributed by atoms with Gasteiger partial charge in [0.2, 0.25) is 5.91 Å². The third-order valence-electron chi connectivity index (χ3n) is 4.08. The molecule has 6 heteroatoms. The summed E-state index contributed by atoms with van der Waals surface area (Å²) in [6.45, 7) is 1.22. The van der Waals surface area contributed by atoms with E-state index in [0.717, 1.165) is 17.4 Å². The quantitative estimate of drug-likeness (QED) is 0.538. The molecule has 0 fully saturated rings. The second-order valence-electron chi connectivity index (χ2n) is 6.09. The van der Waals surface area contributed by atoms with Crippen LogP contribution in [0, 0.1) is 0 Å². The lowest BCUT2D eigenvalue weighted by Crippen LogP contribution is -2.25. The molecular weight excluding hydrogens is 340 g/mol. The molecule has 0 aliphatic rings. The van der Waals surface area contributed by atoms with Crippen LogP contribution in [0.25, 0.3) is 16.8 Å². The lowest BCUT2D eigenvalue weighted by molar-refractivity contribution is -0.120. The van der Waals surface area contributed by atoms with Crippen LogP contribution < -0.4 is 16.2 Å². The summed E-state index contributed by atoms with van der Waals surface area (Å²) in [7, 11) is 0. The molecule has 2 aromatic carbocycles. The van der Waals surface area contributed by atoms with E-state index >= 15 is 0 Å². The Morgan fingerprint density at radius 1 is 1.00 bits per heavy atom. The summed E-state index contributed by atoms with van der Waals surface area (Å²) in [6, 6.07) is 17.2. The van der Waals surface area contributed by atoms with Crippen molar-refractivity contribution in [2.45, 2.75) is 12.8 Å². The molecule has 0 aliphatic heterocycles. The number of benzene rings is 2. The van der Waals surface area contributed by atoms with Gasteiger partial charge in [-0.25, -0.2) is 5.10 Å². The predicted octanol–water partition coefficient (Wildman–Crippen LogP) is 2.94. The van der Waals surface area contributed by atoms with Crippen LogP contribution in [0.3, 0.4) is 0 Å². The minimum Gasteiger partial charge on any atom is -0.368 e. The molecule has 0 spiro atoms. The number of rotatable bonds is 8. The van der Waals surface area contributed by atoms with Crippen molar-refractivity contribution in [3.8, 4) is 0 Å². The molecule has 6 nitrogen and oxygen atoms in total. The number of aromatic amines is 1. The van der Waals surface area contributed by atoms with Crippen molar-refractivity contribution in [2.75, 3.05) is 18.4 Å². The van der Waals surface area contributed by atoms with Crippen LogP contribution in [0.5, 0.6) is 0 Å². The predicted molar refractivity (Wildman–Crippen MR) is 109 cm³/mol. The van der Waals surface area contributed by atoms with Crippen LogP contribution in [0.2, 0.25) is 0 Å². The van der Waals surface area contributed by atoms with Gasteiger partial charge in [-0.15, -0.1) is 0 Å². The second kappa shape index (κ2) is 9.33. The minimum absolute atomic E-state index is 0.00482. The van der Waals surface area contributed by atoms with Crippen molar-refractivity contribution >= 4 is 28.6 Å². The molecule has 0 radical (unpaired) electrons. The van der Waals surface area contributed by atoms with Crippen LogP contribution in [-0.2, 0) is 4.79 Å². The Balaban J connectivity index is 1.40. The summed E-state index contributed by atoms with van der Waals surface area (Å²) >= 11 is 0. The van der Waals surface area contributed by atoms with Gasteiger partial charge < -0.3 is 10.6 Å².